The number of nitrogens with two attached hydrogens (primary N) is 1. The van der Waals surface area contributed by atoms with Crippen LogP contribution in [0.4, 0.5) is 10.5 Å². The number of carbonyl (C=O) groups is 3. The van der Waals surface area contributed by atoms with Gasteiger partial charge in [-0.25, -0.2) is 4.79 Å². The van der Waals surface area contributed by atoms with Gasteiger partial charge in [-0.1, -0.05) is 11.6 Å². The number of carboxylic acid groups (broad SMARTS) is 1. The number of hydrogen-bond acceptors (Lipinski definition) is 3. The Morgan fingerprint density at radius 2 is 2.00 bits per heavy atom. The average Bonchev–Trinajstić information content (AvgIpc) is 2.30. The van der Waals surface area contributed by atoms with Gasteiger partial charge in [0.05, 0.1) is 10.7 Å². The molecule has 0 saturated carbocycles. The van der Waals surface area contributed by atoms with E-state index < -0.39 is 31.0 Å². The second kappa shape index (κ2) is 7.29. The first-order valence-corrected chi connectivity index (χ1v) is 6.76. The molecule has 9 heteroatoms. The van der Waals surface area contributed by atoms with Crippen LogP contribution in [-0.4, -0.2) is 41.0 Å². The van der Waals surface area contributed by atoms with Gasteiger partial charge in [-0.15, -0.1) is 0 Å². The van der Waals surface area contributed by atoms with Gasteiger partial charge >= 0.3 is 12.0 Å². The summed E-state index contributed by atoms with van der Waals surface area (Å²) in [5.74, 6) is -2.06. The minimum Gasteiger partial charge on any atom is -0.480 e. The van der Waals surface area contributed by atoms with Crippen molar-refractivity contribution >= 4 is 57.8 Å². The minimum atomic E-state index is -1.25. The Kier molecular flexibility index (Phi) is 6.02. The topological polar surface area (TPSA) is 113 Å². The molecule has 20 heavy (non-hydrogen) atoms. The van der Waals surface area contributed by atoms with Crippen molar-refractivity contribution in [2.45, 2.75) is 0 Å². The van der Waals surface area contributed by atoms with Crippen molar-refractivity contribution in [1.29, 1.82) is 0 Å². The number of nitrogens with one attached hydrogen (secondary N) is 1. The van der Waals surface area contributed by atoms with Crippen LogP contribution in [-0.2, 0) is 9.59 Å². The lowest BCUT2D eigenvalue weighted by atomic mass is 10.3. The van der Waals surface area contributed by atoms with Gasteiger partial charge in [0.15, 0.2) is 0 Å². The number of primary amides is 1. The van der Waals surface area contributed by atoms with E-state index in [1.165, 1.54) is 0 Å². The molecule has 0 aliphatic carbocycles. The normalized spacial score (nSPS) is 9.90. The lowest BCUT2D eigenvalue weighted by Gasteiger charge is -2.20. The molecule has 0 spiro atoms. The Bertz CT molecular complexity index is 536. The molecule has 0 atom stereocenters. The first-order valence-electron chi connectivity index (χ1n) is 5.30. The monoisotopic (exact) mass is 411 g/mol. The van der Waals surface area contributed by atoms with Crippen LogP contribution < -0.4 is 11.1 Å². The van der Waals surface area contributed by atoms with Crippen LogP contribution >= 0.6 is 34.2 Å². The van der Waals surface area contributed by atoms with Gasteiger partial charge in [0.25, 0.3) is 0 Å². The first kappa shape index (κ1) is 16.5. The molecule has 7 nitrogen and oxygen atoms in total. The molecule has 0 unspecified atom stereocenters. The number of amides is 3. The summed E-state index contributed by atoms with van der Waals surface area (Å²) in [5, 5.41) is 11.4. The number of halogens is 2. The molecular formula is C11H11ClIN3O4. The van der Waals surface area contributed by atoms with Crippen molar-refractivity contribution in [2.24, 2.45) is 5.73 Å². The zero-order valence-corrected chi connectivity index (χ0v) is 13.0. The summed E-state index contributed by atoms with van der Waals surface area (Å²) in [6.45, 7) is -1.14. The van der Waals surface area contributed by atoms with Gasteiger partial charge in [0.2, 0.25) is 5.91 Å². The standard InChI is InChI=1S/C11H11ClIN3O4/c12-7-3-6(13)1-2-8(7)15-11(20)16(4-9(14)17)5-10(18)19/h1-3H,4-5H2,(H2,14,17)(H,15,20)(H,18,19). The van der Waals surface area contributed by atoms with E-state index in [1.54, 1.807) is 18.2 Å². The molecular weight excluding hydrogens is 400 g/mol. The van der Waals surface area contributed by atoms with Crippen LogP contribution in [0, 0.1) is 3.57 Å². The molecule has 0 aliphatic rings. The summed E-state index contributed by atoms with van der Waals surface area (Å²) in [6.07, 6.45) is 0. The summed E-state index contributed by atoms with van der Waals surface area (Å²) in [6, 6.07) is 4.16. The summed E-state index contributed by atoms with van der Waals surface area (Å²) in [7, 11) is 0. The highest BCUT2D eigenvalue weighted by molar-refractivity contribution is 14.1. The summed E-state index contributed by atoms with van der Waals surface area (Å²) in [4.78, 5) is 34.2. The molecule has 0 radical (unpaired) electrons. The fourth-order valence-electron chi connectivity index (χ4n) is 1.34. The molecule has 0 fully saturated rings. The Hall–Kier alpha value is -1.55. The van der Waals surface area contributed by atoms with E-state index in [9.17, 15) is 14.4 Å². The fraction of sp³-hybridized carbons (Fsp3) is 0.182. The second-order valence-electron chi connectivity index (χ2n) is 3.77. The van der Waals surface area contributed by atoms with Crippen LogP contribution in [0.2, 0.25) is 5.02 Å². The van der Waals surface area contributed by atoms with Crippen molar-refractivity contribution in [1.82, 2.24) is 4.90 Å². The lowest BCUT2D eigenvalue weighted by Crippen LogP contribution is -2.43. The van der Waals surface area contributed by atoms with Crippen molar-refractivity contribution in [3.05, 3.63) is 26.8 Å². The molecule has 0 aromatic heterocycles. The van der Waals surface area contributed by atoms with Crippen LogP contribution in [0.3, 0.4) is 0 Å². The average molecular weight is 412 g/mol. The van der Waals surface area contributed by atoms with E-state index in [4.69, 9.17) is 22.4 Å². The Morgan fingerprint density at radius 3 is 2.50 bits per heavy atom. The number of carboxylic acids is 1. The molecule has 0 bridgehead atoms. The molecule has 0 heterocycles. The van der Waals surface area contributed by atoms with Gasteiger partial charge < -0.3 is 21.1 Å². The van der Waals surface area contributed by atoms with Crippen LogP contribution in [0.1, 0.15) is 0 Å². The number of anilines is 1. The van der Waals surface area contributed by atoms with Crippen LogP contribution in [0.5, 0.6) is 0 Å². The number of benzene rings is 1. The summed E-state index contributed by atoms with van der Waals surface area (Å²) >= 11 is 8.00. The van der Waals surface area contributed by atoms with E-state index >= 15 is 0 Å². The van der Waals surface area contributed by atoms with E-state index in [-0.39, 0.29) is 0 Å². The zero-order valence-electron chi connectivity index (χ0n) is 10.1. The molecule has 1 aromatic carbocycles. The first-order chi connectivity index (χ1) is 9.29. The molecule has 4 N–H and O–H groups in total. The van der Waals surface area contributed by atoms with Crippen LogP contribution in [0.25, 0.3) is 0 Å². The maximum atomic E-state index is 11.9. The highest BCUT2D eigenvalue weighted by atomic mass is 127. The molecule has 1 aromatic rings. The van der Waals surface area contributed by atoms with E-state index in [2.05, 4.69) is 27.9 Å². The highest BCUT2D eigenvalue weighted by Crippen LogP contribution is 2.24. The Labute approximate surface area is 133 Å². The third kappa shape index (κ3) is 5.21. The third-order valence-electron chi connectivity index (χ3n) is 2.13. The minimum absolute atomic E-state index is 0.305. The highest BCUT2D eigenvalue weighted by Gasteiger charge is 2.19. The smallest absolute Gasteiger partial charge is 0.323 e. The maximum Gasteiger partial charge on any atom is 0.323 e. The van der Waals surface area contributed by atoms with Crippen molar-refractivity contribution in [3.8, 4) is 0 Å². The maximum absolute atomic E-state index is 11.9. The fourth-order valence-corrected chi connectivity index (χ4v) is 2.24. The Balaban J connectivity index is 2.84. The predicted octanol–water partition coefficient (Wildman–Crippen LogP) is 1.35. The van der Waals surface area contributed by atoms with Gasteiger partial charge in [-0.2, -0.15) is 0 Å². The van der Waals surface area contributed by atoms with E-state index in [0.29, 0.717) is 10.7 Å². The van der Waals surface area contributed by atoms with Gasteiger partial charge in [0.1, 0.15) is 13.1 Å². The zero-order chi connectivity index (χ0) is 15.3. The lowest BCUT2D eigenvalue weighted by molar-refractivity contribution is -0.137. The molecule has 0 saturated heterocycles. The number of aliphatic carboxylic acids is 1. The quantitative estimate of drug-likeness (QED) is 0.635. The second-order valence-corrected chi connectivity index (χ2v) is 5.42. The van der Waals surface area contributed by atoms with Crippen LogP contribution in [0.15, 0.2) is 18.2 Å². The SMILES string of the molecule is NC(=O)CN(CC(=O)O)C(=O)Nc1ccc(I)cc1Cl. The number of carbonyl (C=O) groups excluding carboxylic acids is 2. The van der Waals surface area contributed by atoms with Crippen molar-refractivity contribution in [2.75, 3.05) is 18.4 Å². The van der Waals surface area contributed by atoms with Gasteiger partial charge in [0, 0.05) is 3.57 Å². The number of nitrogens with zero attached hydrogens (tertiary/aromatic N) is 1. The van der Waals surface area contributed by atoms with Gasteiger partial charge in [-0.05, 0) is 40.8 Å². The number of urea groups is 1. The number of rotatable bonds is 5. The third-order valence-corrected chi connectivity index (χ3v) is 3.12. The van der Waals surface area contributed by atoms with Gasteiger partial charge in [-0.3, -0.25) is 9.59 Å². The van der Waals surface area contributed by atoms with Crippen molar-refractivity contribution in [3.63, 3.8) is 0 Å². The van der Waals surface area contributed by atoms with E-state index in [0.717, 1.165) is 8.47 Å². The predicted molar refractivity (Wildman–Crippen MR) is 81.6 cm³/mol. The Morgan fingerprint density at radius 1 is 1.35 bits per heavy atom. The van der Waals surface area contributed by atoms with E-state index in [1.807, 2.05) is 0 Å². The number of hydrogen-bond donors (Lipinski definition) is 3. The molecule has 108 valence electrons. The molecule has 1 rings (SSSR count). The summed E-state index contributed by atoms with van der Waals surface area (Å²) < 4.78 is 0.880. The van der Waals surface area contributed by atoms with Crippen molar-refractivity contribution < 1.29 is 19.5 Å². The summed E-state index contributed by atoms with van der Waals surface area (Å²) in [5.41, 5.74) is 5.29. The molecule has 3 amide bonds. The molecule has 0 aliphatic heterocycles. The largest absolute Gasteiger partial charge is 0.480 e.